The molecule has 1 aromatic carbocycles. The van der Waals surface area contributed by atoms with E-state index in [1.54, 1.807) is 6.92 Å². The van der Waals surface area contributed by atoms with Crippen molar-refractivity contribution < 1.29 is 13.9 Å². The number of carbonyl (C=O) groups is 1. The Morgan fingerprint density at radius 2 is 2.19 bits per heavy atom. The Labute approximate surface area is 131 Å². The van der Waals surface area contributed by atoms with E-state index in [0.717, 1.165) is 34.1 Å². The van der Waals surface area contributed by atoms with Gasteiger partial charge in [0, 0.05) is 16.0 Å². The molecule has 0 atom stereocenters. The minimum absolute atomic E-state index is 0.256. The zero-order valence-corrected chi connectivity index (χ0v) is 13.6. The first-order valence-corrected chi connectivity index (χ1v) is 7.83. The monoisotopic (exact) mass is 349 g/mol. The molecule has 1 fully saturated rings. The third-order valence-electron chi connectivity index (χ3n) is 3.37. The molecule has 110 valence electrons. The Bertz CT molecular complexity index is 669. The van der Waals surface area contributed by atoms with Crippen LogP contribution in [0.5, 0.6) is 0 Å². The Balaban J connectivity index is 2.03. The summed E-state index contributed by atoms with van der Waals surface area (Å²) in [6, 6.07) is 5.94. The van der Waals surface area contributed by atoms with Gasteiger partial charge in [0.2, 0.25) is 11.7 Å². The fourth-order valence-electron chi connectivity index (χ4n) is 2.29. The molecule has 1 aliphatic carbocycles. The smallest absolute Gasteiger partial charge is 0.376 e. The molecule has 4 nitrogen and oxygen atoms in total. The topological polar surface area (TPSA) is 52.3 Å². The molecule has 0 unspecified atom stereocenters. The highest BCUT2D eigenvalue weighted by molar-refractivity contribution is 9.10. The van der Waals surface area contributed by atoms with Crippen LogP contribution in [-0.4, -0.2) is 17.6 Å². The Morgan fingerprint density at radius 3 is 2.81 bits per heavy atom. The average molecular weight is 350 g/mol. The van der Waals surface area contributed by atoms with Crippen LogP contribution in [-0.2, 0) is 4.74 Å². The maximum atomic E-state index is 12.0. The first-order valence-electron chi connectivity index (χ1n) is 7.04. The van der Waals surface area contributed by atoms with Crippen LogP contribution in [0.3, 0.4) is 0 Å². The number of ether oxygens (including phenoxy) is 1. The molecule has 0 bridgehead atoms. The molecule has 0 saturated heterocycles. The van der Waals surface area contributed by atoms with Crippen molar-refractivity contribution in [2.24, 2.45) is 0 Å². The molecular formula is C16H16BrNO3. The first kappa shape index (κ1) is 14.3. The van der Waals surface area contributed by atoms with Crippen molar-refractivity contribution in [3.8, 4) is 11.5 Å². The van der Waals surface area contributed by atoms with Crippen molar-refractivity contribution in [2.45, 2.75) is 32.6 Å². The van der Waals surface area contributed by atoms with Crippen LogP contribution in [0.25, 0.3) is 11.5 Å². The summed E-state index contributed by atoms with van der Waals surface area (Å²) in [4.78, 5) is 16.6. The molecule has 3 rings (SSSR count). The molecule has 1 saturated carbocycles. The lowest BCUT2D eigenvalue weighted by Gasteiger charge is -2.00. The third kappa shape index (κ3) is 3.02. The summed E-state index contributed by atoms with van der Waals surface area (Å²) in [6.07, 6.45) is 2.10. The lowest BCUT2D eigenvalue weighted by molar-refractivity contribution is 0.0489. The SMILES string of the molecule is CCOC(=O)c1oc(-c2cc(C)cc(Br)c2)nc1C1CC1. The predicted octanol–water partition coefficient (Wildman–Crippen LogP) is 4.47. The molecule has 0 amide bonds. The quantitative estimate of drug-likeness (QED) is 0.764. The highest BCUT2D eigenvalue weighted by atomic mass is 79.9. The van der Waals surface area contributed by atoms with E-state index in [2.05, 4.69) is 20.9 Å². The lowest BCUT2D eigenvalue weighted by atomic mass is 10.1. The number of rotatable bonds is 4. The number of hydrogen-bond acceptors (Lipinski definition) is 4. The van der Waals surface area contributed by atoms with Gasteiger partial charge in [-0.3, -0.25) is 0 Å². The molecule has 1 heterocycles. The summed E-state index contributed by atoms with van der Waals surface area (Å²) in [5, 5.41) is 0. The lowest BCUT2D eigenvalue weighted by Crippen LogP contribution is -2.05. The molecule has 0 aliphatic heterocycles. The van der Waals surface area contributed by atoms with Gasteiger partial charge in [0.25, 0.3) is 0 Å². The largest absolute Gasteiger partial charge is 0.460 e. The van der Waals surface area contributed by atoms with Crippen molar-refractivity contribution >= 4 is 21.9 Å². The molecule has 2 aromatic rings. The van der Waals surface area contributed by atoms with Crippen molar-refractivity contribution in [3.63, 3.8) is 0 Å². The second-order valence-corrected chi connectivity index (χ2v) is 6.16. The molecule has 0 spiro atoms. The van der Waals surface area contributed by atoms with Gasteiger partial charge in [0.05, 0.1) is 12.3 Å². The zero-order valence-electron chi connectivity index (χ0n) is 12.0. The van der Waals surface area contributed by atoms with Crippen LogP contribution in [0.1, 0.15) is 47.5 Å². The summed E-state index contributed by atoms with van der Waals surface area (Å²) in [7, 11) is 0. The highest BCUT2D eigenvalue weighted by Crippen LogP contribution is 2.42. The van der Waals surface area contributed by atoms with E-state index in [0.29, 0.717) is 18.4 Å². The summed E-state index contributed by atoms with van der Waals surface area (Å²) in [5.74, 6) is 0.636. The van der Waals surface area contributed by atoms with E-state index in [1.165, 1.54) is 0 Å². The zero-order chi connectivity index (χ0) is 15.0. The molecule has 1 aliphatic rings. The van der Waals surface area contributed by atoms with Gasteiger partial charge in [0.15, 0.2) is 0 Å². The van der Waals surface area contributed by atoms with E-state index in [4.69, 9.17) is 9.15 Å². The van der Waals surface area contributed by atoms with Crippen molar-refractivity contribution in [1.82, 2.24) is 4.98 Å². The summed E-state index contributed by atoms with van der Waals surface area (Å²) in [6.45, 7) is 4.11. The summed E-state index contributed by atoms with van der Waals surface area (Å²) >= 11 is 3.47. The fraction of sp³-hybridized carbons (Fsp3) is 0.375. The van der Waals surface area contributed by atoms with E-state index < -0.39 is 5.97 Å². The van der Waals surface area contributed by atoms with Gasteiger partial charge in [0.1, 0.15) is 0 Å². The number of hydrogen-bond donors (Lipinski definition) is 0. The molecule has 1 aromatic heterocycles. The third-order valence-corrected chi connectivity index (χ3v) is 3.83. The van der Waals surface area contributed by atoms with Crippen LogP contribution < -0.4 is 0 Å². The average Bonchev–Trinajstić information content (AvgIpc) is 3.16. The van der Waals surface area contributed by atoms with Crippen molar-refractivity contribution in [1.29, 1.82) is 0 Å². The van der Waals surface area contributed by atoms with Gasteiger partial charge < -0.3 is 9.15 Å². The van der Waals surface area contributed by atoms with E-state index in [1.807, 2.05) is 25.1 Å². The molecule has 0 N–H and O–H groups in total. The Morgan fingerprint density at radius 1 is 1.43 bits per heavy atom. The summed E-state index contributed by atoms with van der Waals surface area (Å²) < 4.78 is 11.7. The van der Waals surface area contributed by atoms with Crippen LogP contribution >= 0.6 is 15.9 Å². The number of benzene rings is 1. The minimum Gasteiger partial charge on any atom is -0.460 e. The van der Waals surface area contributed by atoms with Gasteiger partial charge >= 0.3 is 5.97 Å². The number of oxazole rings is 1. The maximum absolute atomic E-state index is 12.0. The second-order valence-electron chi connectivity index (χ2n) is 5.25. The normalized spacial score (nSPS) is 14.2. The standard InChI is InChI=1S/C16H16BrNO3/c1-3-20-16(19)14-13(10-4-5-10)18-15(21-14)11-6-9(2)7-12(17)8-11/h6-8,10H,3-5H2,1-2H3. The number of aryl methyl sites for hydroxylation is 1. The Kier molecular flexibility index (Phi) is 3.85. The fourth-order valence-corrected chi connectivity index (χ4v) is 2.90. The van der Waals surface area contributed by atoms with Gasteiger partial charge in [-0.25, -0.2) is 9.78 Å². The van der Waals surface area contributed by atoms with Crippen molar-refractivity contribution in [2.75, 3.05) is 6.61 Å². The van der Waals surface area contributed by atoms with Gasteiger partial charge in [-0.15, -0.1) is 0 Å². The summed E-state index contributed by atoms with van der Waals surface area (Å²) in [5.41, 5.74) is 2.70. The van der Waals surface area contributed by atoms with Gasteiger partial charge in [-0.2, -0.15) is 0 Å². The molecule has 0 radical (unpaired) electrons. The number of esters is 1. The number of nitrogens with zero attached hydrogens (tertiary/aromatic N) is 1. The van der Waals surface area contributed by atoms with E-state index in [9.17, 15) is 4.79 Å². The molecule has 21 heavy (non-hydrogen) atoms. The van der Waals surface area contributed by atoms with Crippen LogP contribution in [0.15, 0.2) is 27.1 Å². The van der Waals surface area contributed by atoms with Crippen molar-refractivity contribution in [3.05, 3.63) is 39.7 Å². The second kappa shape index (κ2) is 5.64. The first-order chi connectivity index (χ1) is 10.1. The molecular weight excluding hydrogens is 334 g/mol. The minimum atomic E-state index is -0.426. The number of aromatic nitrogens is 1. The highest BCUT2D eigenvalue weighted by Gasteiger charge is 2.34. The Hall–Kier alpha value is -1.62. The molecule has 5 heteroatoms. The predicted molar refractivity (Wildman–Crippen MR) is 82.3 cm³/mol. The van der Waals surface area contributed by atoms with E-state index >= 15 is 0 Å². The number of carbonyl (C=O) groups excluding carboxylic acids is 1. The van der Waals surface area contributed by atoms with Gasteiger partial charge in [-0.1, -0.05) is 15.9 Å². The van der Waals surface area contributed by atoms with Crippen LogP contribution in [0.4, 0.5) is 0 Å². The van der Waals surface area contributed by atoms with Crippen LogP contribution in [0, 0.1) is 6.92 Å². The van der Waals surface area contributed by atoms with Gasteiger partial charge in [-0.05, 0) is 50.5 Å². The van der Waals surface area contributed by atoms with E-state index in [-0.39, 0.29) is 5.76 Å². The van der Waals surface area contributed by atoms with Crippen LogP contribution in [0.2, 0.25) is 0 Å². The maximum Gasteiger partial charge on any atom is 0.376 e. The number of halogens is 1.